The minimum absolute atomic E-state index is 0.231. The van der Waals surface area contributed by atoms with Crippen LogP contribution in [0.3, 0.4) is 0 Å². The molecule has 0 saturated heterocycles. The van der Waals surface area contributed by atoms with Gasteiger partial charge in [-0.15, -0.1) is 0 Å². The minimum atomic E-state index is 0.231. The summed E-state index contributed by atoms with van der Waals surface area (Å²) in [7, 11) is 0. The fourth-order valence-corrected chi connectivity index (χ4v) is 3.27. The van der Waals surface area contributed by atoms with Gasteiger partial charge in [-0.3, -0.25) is 8.91 Å². The lowest BCUT2D eigenvalue weighted by Crippen LogP contribution is -2.07. The second-order valence-electron chi connectivity index (χ2n) is 5.97. The Morgan fingerprint density at radius 1 is 0.962 bits per heavy atom. The van der Waals surface area contributed by atoms with Gasteiger partial charge in [0.2, 0.25) is 5.95 Å². The van der Waals surface area contributed by atoms with Gasteiger partial charge in [-0.2, -0.15) is 4.98 Å². The highest BCUT2D eigenvalue weighted by Crippen LogP contribution is 2.35. The van der Waals surface area contributed by atoms with E-state index in [-0.39, 0.29) is 5.95 Å². The molecule has 0 unspecified atom stereocenters. The van der Waals surface area contributed by atoms with Crippen LogP contribution in [0.25, 0.3) is 22.2 Å². The third-order valence-electron chi connectivity index (χ3n) is 4.07. The standard InChI is InChI=1S/C20H16BrN5/c1-13-7-9-17(23-12-13)14-8-10-18-16(11-14)19(25-20(22)24-18)26(21)15-5-3-2-4-6-15/h2-12H,1H3,(H2,22,24,25). The number of pyridine rings is 1. The van der Waals surface area contributed by atoms with Gasteiger partial charge in [0.1, 0.15) is 0 Å². The Balaban J connectivity index is 1.88. The monoisotopic (exact) mass is 405 g/mol. The number of nitrogens with zero attached hydrogens (tertiary/aromatic N) is 4. The van der Waals surface area contributed by atoms with Crippen LogP contribution in [-0.2, 0) is 0 Å². The van der Waals surface area contributed by atoms with Gasteiger partial charge in [0.15, 0.2) is 5.82 Å². The van der Waals surface area contributed by atoms with Crippen molar-refractivity contribution < 1.29 is 0 Å². The fourth-order valence-electron chi connectivity index (χ4n) is 2.76. The van der Waals surface area contributed by atoms with Gasteiger partial charge < -0.3 is 5.73 Å². The lowest BCUT2D eigenvalue weighted by atomic mass is 10.1. The highest BCUT2D eigenvalue weighted by atomic mass is 79.9. The van der Waals surface area contributed by atoms with E-state index in [1.807, 2.05) is 77.7 Å². The molecule has 2 aromatic heterocycles. The summed E-state index contributed by atoms with van der Waals surface area (Å²) in [6, 6.07) is 19.9. The maximum atomic E-state index is 5.92. The molecule has 0 aliphatic rings. The highest BCUT2D eigenvalue weighted by Gasteiger charge is 2.15. The van der Waals surface area contributed by atoms with Crippen LogP contribution in [0.1, 0.15) is 5.56 Å². The van der Waals surface area contributed by atoms with E-state index in [2.05, 4.69) is 31.1 Å². The van der Waals surface area contributed by atoms with Crippen LogP contribution >= 0.6 is 16.1 Å². The molecule has 128 valence electrons. The lowest BCUT2D eigenvalue weighted by molar-refractivity contribution is 1.21. The van der Waals surface area contributed by atoms with Crippen molar-refractivity contribution in [3.8, 4) is 11.3 Å². The Hall–Kier alpha value is -2.99. The second-order valence-corrected chi connectivity index (χ2v) is 6.68. The molecule has 0 spiro atoms. The molecule has 4 aromatic rings. The normalized spacial score (nSPS) is 10.8. The summed E-state index contributed by atoms with van der Waals surface area (Å²) in [4.78, 5) is 13.3. The molecule has 0 atom stereocenters. The van der Waals surface area contributed by atoms with Gasteiger partial charge in [-0.1, -0.05) is 30.3 Å². The number of aryl methyl sites for hydroxylation is 1. The molecule has 5 nitrogen and oxygen atoms in total. The van der Waals surface area contributed by atoms with Crippen LogP contribution < -0.4 is 9.66 Å². The van der Waals surface area contributed by atoms with Crippen LogP contribution in [0.4, 0.5) is 17.5 Å². The molecule has 6 heteroatoms. The summed E-state index contributed by atoms with van der Waals surface area (Å²) < 4.78 is 1.83. The minimum Gasteiger partial charge on any atom is -0.368 e. The fraction of sp³-hybridized carbons (Fsp3) is 0.0500. The number of hydrogen-bond donors (Lipinski definition) is 1. The van der Waals surface area contributed by atoms with Crippen molar-refractivity contribution in [3.05, 3.63) is 72.4 Å². The van der Waals surface area contributed by atoms with E-state index >= 15 is 0 Å². The smallest absolute Gasteiger partial charge is 0.222 e. The molecule has 2 N–H and O–H groups in total. The third kappa shape index (κ3) is 3.11. The maximum absolute atomic E-state index is 5.92. The van der Waals surface area contributed by atoms with Gasteiger partial charge in [0, 0.05) is 17.1 Å². The molecule has 26 heavy (non-hydrogen) atoms. The van der Waals surface area contributed by atoms with Gasteiger partial charge in [0.05, 0.1) is 33.0 Å². The molecular weight excluding hydrogens is 390 g/mol. The molecule has 0 radical (unpaired) electrons. The number of halogens is 1. The zero-order valence-electron chi connectivity index (χ0n) is 14.1. The Bertz CT molecular complexity index is 1060. The zero-order chi connectivity index (χ0) is 18.1. The molecule has 0 fully saturated rings. The van der Waals surface area contributed by atoms with Gasteiger partial charge >= 0.3 is 0 Å². The Labute approximate surface area is 159 Å². The summed E-state index contributed by atoms with van der Waals surface area (Å²) >= 11 is 3.61. The maximum Gasteiger partial charge on any atom is 0.222 e. The average molecular weight is 406 g/mol. The number of benzene rings is 2. The first kappa shape index (κ1) is 16.5. The Kier molecular flexibility index (Phi) is 4.26. The van der Waals surface area contributed by atoms with Crippen molar-refractivity contribution in [1.82, 2.24) is 15.0 Å². The van der Waals surface area contributed by atoms with Crippen molar-refractivity contribution in [2.45, 2.75) is 6.92 Å². The molecule has 4 rings (SSSR count). The molecule has 0 saturated carbocycles. The number of nitrogen functional groups attached to an aromatic ring is 1. The van der Waals surface area contributed by atoms with Crippen molar-refractivity contribution >= 4 is 44.5 Å². The van der Waals surface area contributed by atoms with E-state index in [9.17, 15) is 0 Å². The Morgan fingerprint density at radius 2 is 1.77 bits per heavy atom. The van der Waals surface area contributed by atoms with E-state index < -0.39 is 0 Å². The van der Waals surface area contributed by atoms with Crippen molar-refractivity contribution in [1.29, 1.82) is 0 Å². The SMILES string of the molecule is Cc1ccc(-c2ccc3nc(N)nc(N(Br)c4ccccc4)c3c2)nc1. The average Bonchev–Trinajstić information content (AvgIpc) is 2.68. The summed E-state index contributed by atoms with van der Waals surface area (Å²) in [6.07, 6.45) is 1.86. The summed E-state index contributed by atoms with van der Waals surface area (Å²) in [5.74, 6) is 0.918. The first-order valence-corrected chi connectivity index (χ1v) is 8.84. The van der Waals surface area contributed by atoms with Crippen molar-refractivity contribution in [3.63, 3.8) is 0 Å². The van der Waals surface area contributed by atoms with Gasteiger partial charge in [-0.05, 0) is 42.8 Å². The van der Waals surface area contributed by atoms with E-state index in [0.29, 0.717) is 5.82 Å². The quantitative estimate of drug-likeness (QED) is 0.484. The van der Waals surface area contributed by atoms with E-state index in [0.717, 1.165) is 33.4 Å². The predicted octanol–water partition coefficient (Wildman–Crippen LogP) is 5.03. The number of anilines is 3. The van der Waals surface area contributed by atoms with Crippen molar-refractivity contribution in [2.24, 2.45) is 0 Å². The van der Waals surface area contributed by atoms with E-state index in [1.54, 1.807) is 0 Å². The van der Waals surface area contributed by atoms with E-state index in [4.69, 9.17) is 5.73 Å². The summed E-state index contributed by atoms with van der Waals surface area (Å²) in [6.45, 7) is 2.02. The van der Waals surface area contributed by atoms with Gasteiger partial charge in [-0.25, -0.2) is 4.98 Å². The number of hydrogen-bond acceptors (Lipinski definition) is 5. The molecule has 2 aromatic carbocycles. The first-order valence-electron chi connectivity index (χ1n) is 8.13. The second kappa shape index (κ2) is 6.72. The zero-order valence-corrected chi connectivity index (χ0v) is 15.7. The molecule has 0 aliphatic heterocycles. The molecule has 2 heterocycles. The predicted molar refractivity (Wildman–Crippen MR) is 109 cm³/mol. The molecule has 0 amide bonds. The molecule has 0 aliphatic carbocycles. The summed E-state index contributed by atoms with van der Waals surface area (Å²) in [5.41, 5.74) is 10.7. The molecule has 0 bridgehead atoms. The first-order chi connectivity index (χ1) is 12.6. The van der Waals surface area contributed by atoms with Crippen LogP contribution in [0.15, 0.2) is 66.9 Å². The van der Waals surface area contributed by atoms with Crippen LogP contribution in [-0.4, -0.2) is 15.0 Å². The molecular formula is C20H16BrN5. The van der Waals surface area contributed by atoms with E-state index in [1.165, 1.54) is 0 Å². The van der Waals surface area contributed by atoms with Crippen LogP contribution in [0, 0.1) is 6.92 Å². The topological polar surface area (TPSA) is 67.9 Å². The van der Waals surface area contributed by atoms with Crippen LogP contribution in [0.5, 0.6) is 0 Å². The third-order valence-corrected chi connectivity index (χ3v) is 4.81. The highest BCUT2D eigenvalue weighted by molar-refractivity contribution is 9.10. The largest absolute Gasteiger partial charge is 0.368 e. The number of rotatable bonds is 3. The van der Waals surface area contributed by atoms with Crippen LogP contribution in [0.2, 0.25) is 0 Å². The lowest BCUT2D eigenvalue weighted by Gasteiger charge is -2.18. The van der Waals surface area contributed by atoms with Gasteiger partial charge in [0.25, 0.3) is 0 Å². The Morgan fingerprint density at radius 3 is 2.50 bits per heavy atom. The number of aromatic nitrogens is 3. The number of nitrogens with two attached hydrogens (primary N) is 1. The number of para-hydroxylation sites is 1. The number of fused-ring (bicyclic) bond motifs is 1. The summed E-state index contributed by atoms with van der Waals surface area (Å²) in [5, 5.41) is 0.889. The van der Waals surface area contributed by atoms with Crippen molar-refractivity contribution in [2.75, 3.05) is 9.66 Å².